The number of rotatable bonds is 6. The maximum atomic E-state index is 12.3. The predicted octanol–water partition coefficient (Wildman–Crippen LogP) is 0.524. The molecule has 1 aliphatic rings. The number of aliphatic hydroxyl groups is 1. The molecule has 0 spiro atoms. The molecule has 1 heterocycles. The molecule has 1 amide bonds. The zero-order valence-corrected chi connectivity index (χ0v) is 12.5. The first-order valence-electron chi connectivity index (χ1n) is 7.12. The standard InChI is InChI=1S/C14H28N2O3/c1-5-15-11-9-19-8-10(11)13(18)16-12(6-7-17)14(2,3)4/h10-12,15,17H,5-9H2,1-4H3,(H,16,18). The third kappa shape index (κ3) is 4.75. The van der Waals surface area contributed by atoms with Crippen LogP contribution in [0.4, 0.5) is 0 Å². The van der Waals surface area contributed by atoms with Crippen molar-refractivity contribution in [2.45, 2.75) is 46.2 Å². The van der Waals surface area contributed by atoms with Gasteiger partial charge in [0.1, 0.15) is 0 Å². The lowest BCUT2D eigenvalue weighted by Crippen LogP contribution is -2.50. The van der Waals surface area contributed by atoms with Gasteiger partial charge in [-0.2, -0.15) is 0 Å². The lowest BCUT2D eigenvalue weighted by atomic mass is 9.84. The summed E-state index contributed by atoms with van der Waals surface area (Å²) in [6, 6.07) is 0.0765. The van der Waals surface area contributed by atoms with Crippen molar-refractivity contribution in [3.05, 3.63) is 0 Å². The lowest BCUT2D eigenvalue weighted by Gasteiger charge is -2.32. The molecular weight excluding hydrogens is 244 g/mol. The van der Waals surface area contributed by atoms with E-state index in [0.29, 0.717) is 19.6 Å². The quantitative estimate of drug-likeness (QED) is 0.659. The number of carbonyl (C=O) groups is 1. The fraction of sp³-hybridized carbons (Fsp3) is 0.929. The van der Waals surface area contributed by atoms with Crippen LogP contribution in [0.5, 0.6) is 0 Å². The van der Waals surface area contributed by atoms with Crippen molar-refractivity contribution in [3.8, 4) is 0 Å². The summed E-state index contributed by atoms with van der Waals surface area (Å²) in [4.78, 5) is 12.3. The zero-order chi connectivity index (χ0) is 14.5. The van der Waals surface area contributed by atoms with Gasteiger partial charge in [-0.05, 0) is 18.4 Å². The minimum Gasteiger partial charge on any atom is -0.396 e. The molecule has 1 aliphatic heterocycles. The van der Waals surface area contributed by atoms with Crippen LogP contribution < -0.4 is 10.6 Å². The van der Waals surface area contributed by atoms with E-state index in [1.54, 1.807) is 0 Å². The molecule has 0 saturated carbocycles. The highest BCUT2D eigenvalue weighted by atomic mass is 16.5. The number of nitrogens with one attached hydrogen (secondary N) is 2. The summed E-state index contributed by atoms with van der Waals surface area (Å²) in [5.41, 5.74) is -0.0640. The molecular formula is C14H28N2O3. The number of hydrogen-bond acceptors (Lipinski definition) is 4. The van der Waals surface area contributed by atoms with E-state index in [1.807, 2.05) is 6.92 Å². The van der Waals surface area contributed by atoms with Crippen LogP contribution in [-0.2, 0) is 9.53 Å². The molecule has 0 aliphatic carbocycles. The highest BCUT2D eigenvalue weighted by Gasteiger charge is 2.36. The molecule has 0 aromatic rings. The maximum Gasteiger partial charge on any atom is 0.227 e. The van der Waals surface area contributed by atoms with Crippen molar-refractivity contribution in [2.75, 3.05) is 26.4 Å². The van der Waals surface area contributed by atoms with Gasteiger partial charge in [-0.25, -0.2) is 0 Å². The molecule has 3 atom stereocenters. The monoisotopic (exact) mass is 272 g/mol. The summed E-state index contributed by atoms with van der Waals surface area (Å²) in [5.74, 6) is -0.111. The Morgan fingerprint density at radius 2 is 2.11 bits per heavy atom. The molecule has 0 aromatic carbocycles. The van der Waals surface area contributed by atoms with Gasteiger partial charge in [-0.15, -0.1) is 0 Å². The number of carbonyl (C=O) groups excluding carboxylic acids is 1. The molecule has 0 aromatic heterocycles. The summed E-state index contributed by atoms with van der Waals surface area (Å²) in [6.45, 7) is 10.2. The first-order valence-corrected chi connectivity index (χ1v) is 7.12. The van der Waals surface area contributed by atoms with Gasteiger partial charge in [0, 0.05) is 18.7 Å². The third-order valence-corrected chi connectivity index (χ3v) is 3.66. The topological polar surface area (TPSA) is 70.6 Å². The number of hydrogen-bond donors (Lipinski definition) is 3. The van der Waals surface area contributed by atoms with Gasteiger partial charge in [-0.3, -0.25) is 4.79 Å². The van der Waals surface area contributed by atoms with Gasteiger partial charge in [-0.1, -0.05) is 27.7 Å². The van der Waals surface area contributed by atoms with E-state index in [1.165, 1.54) is 0 Å². The van der Waals surface area contributed by atoms with Gasteiger partial charge in [0.2, 0.25) is 5.91 Å². The van der Waals surface area contributed by atoms with Crippen LogP contribution in [0.2, 0.25) is 0 Å². The second-order valence-corrected chi connectivity index (χ2v) is 6.25. The smallest absolute Gasteiger partial charge is 0.227 e. The fourth-order valence-electron chi connectivity index (χ4n) is 2.41. The van der Waals surface area contributed by atoms with E-state index in [9.17, 15) is 4.79 Å². The molecule has 3 unspecified atom stereocenters. The van der Waals surface area contributed by atoms with Gasteiger partial charge < -0.3 is 20.5 Å². The van der Waals surface area contributed by atoms with Crippen LogP contribution in [0.1, 0.15) is 34.1 Å². The van der Waals surface area contributed by atoms with E-state index in [4.69, 9.17) is 9.84 Å². The van der Waals surface area contributed by atoms with E-state index < -0.39 is 0 Å². The highest BCUT2D eigenvalue weighted by molar-refractivity contribution is 5.80. The Morgan fingerprint density at radius 3 is 2.63 bits per heavy atom. The van der Waals surface area contributed by atoms with Crippen LogP contribution in [0.25, 0.3) is 0 Å². The Labute approximate surface area is 116 Å². The Balaban J connectivity index is 2.61. The summed E-state index contributed by atoms with van der Waals surface area (Å²) in [7, 11) is 0. The first-order chi connectivity index (χ1) is 8.90. The Hall–Kier alpha value is -0.650. The summed E-state index contributed by atoms with van der Waals surface area (Å²) in [6.07, 6.45) is 0.578. The molecule has 5 heteroatoms. The SMILES string of the molecule is CCNC1COCC1C(=O)NC(CCO)C(C)(C)C. The van der Waals surface area contributed by atoms with E-state index >= 15 is 0 Å². The van der Waals surface area contributed by atoms with Crippen LogP contribution in [0.3, 0.4) is 0 Å². The lowest BCUT2D eigenvalue weighted by molar-refractivity contribution is -0.127. The molecule has 1 rings (SSSR count). The van der Waals surface area contributed by atoms with Crippen molar-refractivity contribution >= 4 is 5.91 Å². The van der Waals surface area contributed by atoms with Crippen molar-refractivity contribution in [3.63, 3.8) is 0 Å². The molecule has 5 nitrogen and oxygen atoms in total. The summed E-state index contributed by atoms with van der Waals surface area (Å²) >= 11 is 0. The fourth-order valence-corrected chi connectivity index (χ4v) is 2.41. The minimum absolute atomic E-state index is 0.0205. The molecule has 3 N–H and O–H groups in total. The molecule has 0 bridgehead atoms. The Kier molecular flexibility index (Phi) is 6.23. The number of aliphatic hydroxyl groups excluding tert-OH is 1. The second kappa shape index (κ2) is 7.22. The minimum atomic E-state index is -0.136. The van der Waals surface area contributed by atoms with E-state index in [0.717, 1.165) is 6.54 Å². The zero-order valence-electron chi connectivity index (χ0n) is 12.5. The second-order valence-electron chi connectivity index (χ2n) is 6.25. The van der Waals surface area contributed by atoms with Crippen LogP contribution >= 0.6 is 0 Å². The number of likely N-dealkylation sites (N-methyl/N-ethyl adjacent to an activating group) is 1. The van der Waals surface area contributed by atoms with Gasteiger partial charge in [0.05, 0.1) is 19.1 Å². The average molecular weight is 272 g/mol. The maximum absolute atomic E-state index is 12.3. The van der Waals surface area contributed by atoms with Gasteiger partial charge in [0.25, 0.3) is 0 Å². The Morgan fingerprint density at radius 1 is 1.42 bits per heavy atom. The van der Waals surface area contributed by atoms with Crippen molar-refractivity contribution in [1.29, 1.82) is 0 Å². The number of ether oxygens (including phenoxy) is 1. The molecule has 1 saturated heterocycles. The summed E-state index contributed by atoms with van der Waals surface area (Å²) < 4.78 is 5.40. The van der Waals surface area contributed by atoms with E-state index in [-0.39, 0.29) is 35.9 Å². The molecule has 19 heavy (non-hydrogen) atoms. The first kappa shape index (κ1) is 16.4. The van der Waals surface area contributed by atoms with Gasteiger partial charge in [0.15, 0.2) is 0 Å². The largest absolute Gasteiger partial charge is 0.396 e. The highest BCUT2D eigenvalue weighted by Crippen LogP contribution is 2.23. The van der Waals surface area contributed by atoms with Crippen LogP contribution in [0.15, 0.2) is 0 Å². The van der Waals surface area contributed by atoms with Gasteiger partial charge >= 0.3 is 0 Å². The van der Waals surface area contributed by atoms with Crippen molar-refractivity contribution in [2.24, 2.45) is 11.3 Å². The number of amides is 1. The molecule has 0 radical (unpaired) electrons. The van der Waals surface area contributed by atoms with Crippen molar-refractivity contribution in [1.82, 2.24) is 10.6 Å². The molecule has 1 fully saturated rings. The molecule has 112 valence electrons. The van der Waals surface area contributed by atoms with Crippen LogP contribution in [0, 0.1) is 11.3 Å². The van der Waals surface area contributed by atoms with Crippen molar-refractivity contribution < 1.29 is 14.6 Å². The normalized spacial score (nSPS) is 25.3. The third-order valence-electron chi connectivity index (χ3n) is 3.66. The predicted molar refractivity (Wildman–Crippen MR) is 74.9 cm³/mol. The van der Waals surface area contributed by atoms with Crippen LogP contribution in [-0.4, -0.2) is 49.5 Å². The Bertz CT molecular complexity index is 289. The van der Waals surface area contributed by atoms with E-state index in [2.05, 4.69) is 31.4 Å². The average Bonchev–Trinajstić information content (AvgIpc) is 2.76. The summed E-state index contributed by atoms with van der Waals surface area (Å²) in [5, 5.41) is 15.5.